The summed E-state index contributed by atoms with van der Waals surface area (Å²) >= 11 is 0. The number of ether oxygens (including phenoxy) is 1. The Balaban J connectivity index is 3.49. The van der Waals surface area contributed by atoms with E-state index in [1.165, 1.54) is 0 Å². The molecule has 1 unspecified atom stereocenters. The molecule has 0 radical (unpaired) electrons. The first kappa shape index (κ1) is 16.0. The fourth-order valence-corrected chi connectivity index (χ4v) is 1.83. The molecule has 3 nitrogen and oxygen atoms in total. The van der Waals surface area contributed by atoms with Crippen molar-refractivity contribution in [3.05, 3.63) is 40.8 Å². The molecule has 0 fully saturated rings. The minimum absolute atomic E-state index is 0.349. The van der Waals surface area contributed by atoms with Gasteiger partial charge in [0.15, 0.2) is 0 Å². The molecular formula is C17H24N2O. The quantitative estimate of drug-likeness (QED) is 0.636. The van der Waals surface area contributed by atoms with Gasteiger partial charge in [0.25, 0.3) is 0 Å². The summed E-state index contributed by atoms with van der Waals surface area (Å²) in [5.41, 5.74) is 0.903. The lowest BCUT2D eigenvalue weighted by molar-refractivity contribution is 0.371. The number of hydrogen-bond acceptors (Lipinski definition) is 3. The Morgan fingerprint density at radius 2 is 2.20 bits per heavy atom. The van der Waals surface area contributed by atoms with E-state index in [-0.39, 0.29) is 0 Å². The van der Waals surface area contributed by atoms with E-state index >= 15 is 0 Å². The first-order valence-corrected chi connectivity index (χ1v) is 6.85. The van der Waals surface area contributed by atoms with Gasteiger partial charge in [0.05, 0.1) is 7.11 Å². The lowest BCUT2D eigenvalue weighted by Gasteiger charge is -2.14. The second kappa shape index (κ2) is 7.53. The molecule has 0 spiro atoms. The summed E-state index contributed by atoms with van der Waals surface area (Å²) < 4.78 is 5.21. The Labute approximate surface area is 121 Å². The van der Waals surface area contributed by atoms with Gasteiger partial charge < -0.3 is 10.1 Å². The van der Waals surface area contributed by atoms with Crippen LogP contribution in [0.1, 0.15) is 32.8 Å². The van der Waals surface area contributed by atoms with E-state index in [0.29, 0.717) is 11.8 Å². The van der Waals surface area contributed by atoms with Crippen molar-refractivity contribution in [1.29, 1.82) is 0 Å². The van der Waals surface area contributed by atoms with Gasteiger partial charge in [-0.25, -0.2) is 4.99 Å². The first-order chi connectivity index (χ1) is 9.54. The largest absolute Gasteiger partial charge is 0.497 e. The van der Waals surface area contributed by atoms with Crippen molar-refractivity contribution in [2.24, 2.45) is 4.99 Å². The van der Waals surface area contributed by atoms with Gasteiger partial charge in [0, 0.05) is 23.0 Å². The molecule has 1 aromatic carbocycles. The second-order valence-electron chi connectivity index (χ2n) is 4.65. The number of aliphatic imine (C=N–C) groups is 1. The van der Waals surface area contributed by atoms with Gasteiger partial charge in [-0.3, -0.25) is 0 Å². The topological polar surface area (TPSA) is 33.6 Å². The third kappa shape index (κ3) is 3.73. The molecule has 0 aromatic heterocycles. The Hall–Kier alpha value is -2.03. The van der Waals surface area contributed by atoms with Crippen LogP contribution >= 0.6 is 0 Å². The van der Waals surface area contributed by atoms with Gasteiger partial charge in [0.1, 0.15) is 11.6 Å². The summed E-state index contributed by atoms with van der Waals surface area (Å²) in [6.07, 6.45) is 2.81. The minimum Gasteiger partial charge on any atom is -0.497 e. The Bertz CT molecular complexity index is 602. The van der Waals surface area contributed by atoms with E-state index in [0.717, 1.165) is 28.2 Å². The van der Waals surface area contributed by atoms with Gasteiger partial charge >= 0.3 is 0 Å². The Morgan fingerprint density at radius 1 is 1.50 bits per heavy atom. The average Bonchev–Trinajstić information content (AvgIpc) is 2.46. The predicted octanol–water partition coefficient (Wildman–Crippen LogP) is 2.26. The molecule has 1 atom stereocenters. The highest BCUT2D eigenvalue weighted by atomic mass is 16.5. The zero-order valence-electron chi connectivity index (χ0n) is 12.9. The highest BCUT2D eigenvalue weighted by Gasteiger charge is 2.05. The van der Waals surface area contributed by atoms with Gasteiger partial charge in [0.2, 0.25) is 0 Å². The minimum atomic E-state index is 0.349. The van der Waals surface area contributed by atoms with Crippen LogP contribution in [0.15, 0.2) is 29.8 Å². The molecule has 0 amide bonds. The van der Waals surface area contributed by atoms with Crippen LogP contribution in [0.3, 0.4) is 0 Å². The Morgan fingerprint density at radius 3 is 2.75 bits per heavy atom. The van der Waals surface area contributed by atoms with Gasteiger partial charge in [-0.15, -0.1) is 0 Å². The van der Waals surface area contributed by atoms with E-state index in [1.807, 2.05) is 25.1 Å². The molecule has 0 aliphatic heterocycles. The summed E-state index contributed by atoms with van der Waals surface area (Å²) in [7, 11) is 1.61. The normalized spacial score (nSPS) is 14.0. The van der Waals surface area contributed by atoms with Crippen molar-refractivity contribution in [1.82, 2.24) is 5.32 Å². The Kier molecular flexibility index (Phi) is 6.04. The lowest BCUT2D eigenvalue weighted by Crippen LogP contribution is -2.35. The van der Waals surface area contributed by atoms with Crippen LogP contribution in [0.4, 0.5) is 0 Å². The molecule has 1 N–H and O–H groups in total. The van der Waals surface area contributed by atoms with Crippen molar-refractivity contribution in [3.63, 3.8) is 0 Å². The maximum atomic E-state index is 5.21. The van der Waals surface area contributed by atoms with E-state index in [2.05, 4.69) is 37.3 Å². The van der Waals surface area contributed by atoms with Crippen LogP contribution in [0.25, 0.3) is 18.2 Å². The van der Waals surface area contributed by atoms with Crippen LogP contribution in [-0.2, 0) is 4.74 Å². The highest BCUT2D eigenvalue weighted by Crippen LogP contribution is 2.05. The molecule has 0 aliphatic carbocycles. The number of methoxy groups -OCH3 is 1. The third-order valence-corrected chi connectivity index (χ3v) is 3.23. The van der Waals surface area contributed by atoms with Crippen molar-refractivity contribution in [3.8, 4) is 0 Å². The monoisotopic (exact) mass is 272 g/mol. The molecule has 0 heterocycles. The van der Waals surface area contributed by atoms with Crippen LogP contribution in [0.5, 0.6) is 0 Å². The molecule has 1 rings (SSSR count). The van der Waals surface area contributed by atoms with Crippen molar-refractivity contribution in [2.45, 2.75) is 33.2 Å². The van der Waals surface area contributed by atoms with Crippen LogP contribution in [-0.4, -0.2) is 19.4 Å². The number of hydrogen-bond donors (Lipinski definition) is 1. The van der Waals surface area contributed by atoms with Crippen molar-refractivity contribution < 1.29 is 4.74 Å². The zero-order chi connectivity index (χ0) is 15.1. The number of rotatable bonds is 6. The molecule has 0 bridgehead atoms. The molecule has 1 aromatic rings. The number of benzene rings is 1. The maximum Gasteiger partial charge on any atom is 0.133 e. The van der Waals surface area contributed by atoms with Gasteiger partial charge in [-0.2, -0.15) is 0 Å². The fraction of sp³-hybridized carbons (Fsp3) is 0.353. The van der Waals surface area contributed by atoms with Crippen LogP contribution in [0, 0.1) is 0 Å². The number of nitrogens with one attached hydrogen (secondary N) is 1. The van der Waals surface area contributed by atoms with Gasteiger partial charge in [-0.1, -0.05) is 38.3 Å². The van der Waals surface area contributed by atoms with E-state index in [9.17, 15) is 0 Å². The third-order valence-electron chi connectivity index (χ3n) is 3.23. The van der Waals surface area contributed by atoms with E-state index in [4.69, 9.17) is 4.74 Å². The van der Waals surface area contributed by atoms with Crippen molar-refractivity contribution in [2.75, 3.05) is 7.11 Å². The first-order valence-electron chi connectivity index (χ1n) is 6.85. The zero-order valence-corrected chi connectivity index (χ0v) is 12.9. The van der Waals surface area contributed by atoms with Gasteiger partial charge in [-0.05, 0) is 25.5 Å². The maximum absolute atomic E-state index is 5.21. The van der Waals surface area contributed by atoms with Crippen LogP contribution in [0.2, 0.25) is 0 Å². The second-order valence-corrected chi connectivity index (χ2v) is 4.65. The lowest BCUT2D eigenvalue weighted by atomic mass is 10.1. The highest BCUT2D eigenvalue weighted by molar-refractivity contribution is 5.64. The molecule has 0 aliphatic rings. The predicted molar refractivity (Wildman–Crippen MR) is 87.7 cm³/mol. The van der Waals surface area contributed by atoms with E-state index < -0.39 is 0 Å². The van der Waals surface area contributed by atoms with Crippen LogP contribution < -0.4 is 15.8 Å². The molecule has 108 valence electrons. The SMILES string of the molecule is C=C(OC)c1ccc/c(=C(/N=C\C)NC(C)CC)c1=C. The molecular weight excluding hydrogens is 248 g/mol. The molecule has 0 saturated carbocycles. The fourth-order valence-electron chi connectivity index (χ4n) is 1.83. The summed E-state index contributed by atoms with van der Waals surface area (Å²) in [5.74, 6) is 1.44. The number of nitrogens with zero attached hydrogens (tertiary/aromatic N) is 1. The van der Waals surface area contributed by atoms with E-state index in [1.54, 1.807) is 13.3 Å². The summed E-state index contributed by atoms with van der Waals surface area (Å²) in [6, 6.07) is 6.27. The molecule has 3 heteroatoms. The van der Waals surface area contributed by atoms with Crippen molar-refractivity contribution >= 4 is 24.4 Å². The smallest absolute Gasteiger partial charge is 0.133 e. The molecule has 20 heavy (non-hydrogen) atoms. The average molecular weight is 272 g/mol. The standard InChI is InChI=1S/C17H24N2O/c1-7-12(3)19-17(18-8-2)16-11-9-10-15(13(16)4)14(5)20-6/h8-12,19H,4-5,7H2,1-3,6H3/b17-16+,18-8-. The molecule has 0 saturated heterocycles. The summed E-state index contributed by atoms with van der Waals surface area (Å²) in [4.78, 5) is 4.44. The summed E-state index contributed by atoms with van der Waals surface area (Å²) in [6.45, 7) is 14.2. The summed E-state index contributed by atoms with van der Waals surface area (Å²) in [5, 5.41) is 5.26.